The number of hydrogen-bond acceptors (Lipinski definition) is 5. The molecule has 2 heterocycles. The average molecular weight is 445 g/mol. The summed E-state index contributed by atoms with van der Waals surface area (Å²) in [4.78, 5) is 23.7. The highest BCUT2D eigenvalue weighted by molar-refractivity contribution is 6.03. The molecule has 168 valence electrons. The smallest absolute Gasteiger partial charge is 0.325 e. The number of anilines is 1. The zero-order valence-electron chi connectivity index (χ0n) is 18.2. The number of aromatic nitrogens is 4. The fraction of sp³-hybridized carbons (Fsp3) is 0.167. The quantitative estimate of drug-likeness (QED) is 0.427. The van der Waals surface area contributed by atoms with E-state index in [4.69, 9.17) is 9.84 Å². The van der Waals surface area contributed by atoms with E-state index in [2.05, 4.69) is 15.5 Å². The Balaban J connectivity index is 1.51. The minimum atomic E-state index is -1.08. The number of nitrogens with zero attached hydrogens (tertiary/aromatic N) is 4. The third kappa shape index (κ3) is 4.77. The molecule has 1 amide bonds. The van der Waals surface area contributed by atoms with Crippen LogP contribution in [0.3, 0.4) is 0 Å². The van der Waals surface area contributed by atoms with Crippen molar-refractivity contribution in [3.8, 4) is 16.9 Å². The van der Waals surface area contributed by atoms with E-state index in [1.54, 1.807) is 11.6 Å². The van der Waals surface area contributed by atoms with Crippen LogP contribution in [0.4, 0.5) is 5.69 Å². The van der Waals surface area contributed by atoms with Crippen molar-refractivity contribution >= 4 is 17.6 Å². The van der Waals surface area contributed by atoms with Gasteiger partial charge in [-0.2, -0.15) is 10.2 Å². The van der Waals surface area contributed by atoms with Gasteiger partial charge in [0.15, 0.2) is 6.73 Å². The van der Waals surface area contributed by atoms with Crippen LogP contribution in [-0.2, 0) is 18.1 Å². The average Bonchev–Trinajstić information content (AvgIpc) is 3.37. The Morgan fingerprint density at radius 3 is 2.48 bits per heavy atom. The predicted octanol–water partition coefficient (Wildman–Crippen LogP) is 3.74. The van der Waals surface area contributed by atoms with Crippen molar-refractivity contribution < 1.29 is 19.4 Å². The van der Waals surface area contributed by atoms with E-state index in [0.29, 0.717) is 17.1 Å². The first-order chi connectivity index (χ1) is 15.9. The molecule has 0 aliphatic carbocycles. The summed E-state index contributed by atoms with van der Waals surface area (Å²) in [5, 5.41) is 20.2. The number of rotatable bonds is 8. The van der Waals surface area contributed by atoms with E-state index in [-0.39, 0.29) is 12.4 Å². The molecule has 0 atom stereocenters. The molecule has 0 radical (unpaired) electrons. The summed E-state index contributed by atoms with van der Waals surface area (Å²) in [6.45, 7) is 3.37. The first-order valence-corrected chi connectivity index (χ1v) is 10.3. The van der Waals surface area contributed by atoms with E-state index >= 15 is 0 Å². The van der Waals surface area contributed by atoms with Gasteiger partial charge in [0.1, 0.15) is 18.0 Å². The molecular weight excluding hydrogens is 422 g/mol. The normalized spacial score (nSPS) is 10.7. The molecule has 0 fully saturated rings. The summed E-state index contributed by atoms with van der Waals surface area (Å²) in [5.74, 6) is -0.824. The second-order valence-electron chi connectivity index (χ2n) is 7.40. The summed E-state index contributed by atoms with van der Waals surface area (Å²) in [5.41, 5.74) is 4.04. The van der Waals surface area contributed by atoms with E-state index in [1.807, 2.05) is 61.5 Å². The van der Waals surface area contributed by atoms with E-state index in [0.717, 1.165) is 21.6 Å². The number of aryl methyl sites for hydroxylation is 1. The van der Waals surface area contributed by atoms with Crippen LogP contribution in [0, 0.1) is 13.8 Å². The maximum Gasteiger partial charge on any atom is 0.325 e. The minimum absolute atomic E-state index is 0.150. The van der Waals surface area contributed by atoms with E-state index < -0.39 is 18.4 Å². The van der Waals surface area contributed by atoms with Gasteiger partial charge in [0, 0.05) is 11.8 Å². The lowest BCUT2D eigenvalue weighted by molar-refractivity contribution is -0.137. The van der Waals surface area contributed by atoms with Crippen molar-refractivity contribution in [2.24, 2.45) is 0 Å². The molecule has 0 bridgehead atoms. The van der Waals surface area contributed by atoms with Crippen LogP contribution >= 0.6 is 0 Å². The van der Waals surface area contributed by atoms with E-state index in [1.165, 1.54) is 12.3 Å². The zero-order valence-corrected chi connectivity index (χ0v) is 18.2. The molecule has 0 saturated heterocycles. The third-order valence-electron chi connectivity index (χ3n) is 5.17. The zero-order chi connectivity index (χ0) is 23.4. The fourth-order valence-corrected chi connectivity index (χ4v) is 3.54. The molecule has 4 rings (SSSR count). The summed E-state index contributed by atoms with van der Waals surface area (Å²) >= 11 is 0. The maximum absolute atomic E-state index is 12.7. The molecule has 0 unspecified atom stereocenters. The largest absolute Gasteiger partial charge is 0.480 e. The number of amides is 1. The number of ether oxygens (including phenoxy) is 1. The molecule has 9 heteroatoms. The van der Waals surface area contributed by atoms with Gasteiger partial charge in [-0.3, -0.25) is 9.59 Å². The summed E-state index contributed by atoms with van der Waals surface area (Å²) in [6.07, 6.45) is 1.39. The van der Waals surface area contributed by atoms with Crippen molar-refractivity contribution in [1.29, 1.82) is 0 Å². The summed E-state index contributed by atoms with van der Waals surface area (Å²) in [6, 6.07) is 19.2. The van der Waals surface area contributed by atoms with Crippen molar-refractivity contribution in [1.82, 2.24) is 19.6 Å². The number of aliphatic carboxylic acids is 1. The Morgan fingerprint density at radius 2 is 1.73 bits per heavy atom. The SMILES string of the molecule is Cc1nn(COc2ccccc2-c2ccccc2)c(C)c1NC(=O)c1ccnn1CC(=O)O. The van der Waals surface area contributed by atoms with E-state index in [9.17, 15) is 9.59 Å². The van der Waals surface area contributed by atoms with Gasteiger partial charge in [0.25, 0.3) is 5.91 Å². The molecule has 0 aliphatic heterocycles. The lowest BCUT2D eigenvalue weighted by Crippen LogP contribution is -2.21. The lowest BCUT2D eigenvalue weighted by Gasteiger charge is -2.13. The highest BCUT2D eigenvalue weighted by atomic mass is 16.5. The van der Waals surface area contributed by atoms with Crippen LogP contribution in [0.1, 0.15) is 21.9 Å². The molecule has 0 aliphatic rings. The Labute approximate surface area is 190 Å². The molecule has 33 heavy (non-hydrogen) atoms. The summed E-state index contributed by atoms with van der Waals surface area (Å²) < 4.78 is 8.88. The molecule has 9 nitrogen and oxygen atoms in total. The van der Waals surface area contributed by atoms with Gasteiger partial charge < -0.3 is 15.2 Å². The molecule has 2 aromatic heterocycles. The first-order valence-electron chi connectivity index (χ1n) is 10.3. The number of para-hydroxylation sites is 1. The van der Waals surface area contributed by atoms with Crippen molar-refractivity contribution in [2.45, 2.75) is 27.1 Å². The molecule has 2 aromatic carbocycles. The Hall–Kier alpha value is -4.40. The van der Waals surface area contributed by atoms with Crippen molar-refractivity contribution in [2.75, 3.05) is 5.32 Å². The van der Waals surface area contributed by atoms with Gasteiger partial charge in [-0.05, 0) is 31.5 Å². The van der Waals surface area contributed by atoms with Gasteiger partial charge in [-0.1, -0.05) is 48.5 Å². The molecular formula is C24H23N5O4. The highest BCUT2D eigenvalue weighted by Gasteiger charge is 2.19. The number of carbonyl (C=O) groups is 2. The predicted molar refractivity (Wildman–Crippen MR) is 122 cm³/mol. The van der Waals surface area contributed by atoms with Crippen LogP contribution < -0.4 is 10.1 Å². The Bertz CT molecular complexity index is 1290. The third-order valence-corrected chi connectivity index (χ3v) is 5.17. The fourth-order valence-electron chi connectivity index (χ4n) is 3.54. The number of carboxylic acids is 1. The Kier molecular flexibility index (Phi) is 6.21. The molecule has 2 N–H and O–H groups in total. The van der Waals surface area contributed by atoms with Gasteiger partial charge in [-0.15, -0.1) is 0 Å². The maximum atomic E-state index is 12.7. The second-order valence-corrected chi connectivity index (χ2v) is 7.40. The highest BCUT2D eigenvalue weighted by Crippen LogP contribution is 2.30. The topological polar surface area (TPSA) is 111 Å². The van der Waals surface area contributed by atoms with Crippen LogP contribution in [0.15, 0.2) is 66.9 Å². The first kappa shape index (κ1) is 21.8. The van der Waals surface area contributed by atoms with Crippen LogP contribution in [0.2, 0.25) is 0 Å². The van der Waals surface area contributed by atoms with Crippen LogP contribution in [-0.4, -0.2) is 36.5 Å². The molecule has 0 saturated carbocycles. The van der Waals surface area contributed by atoms with Gasteiger partial charge in [0.05, 0.1) is 17.1 Å². The van der Waals surface area contributed by atoms with Crippen LogP contribution in [0.25, 0.3) is 11.1 Å². The Morgan fingerprint density at radius 1 is 1.00 bits per heavy atom. The lowest BCUT2D eigenvalue weighted by atomic mass is 10.1. The van der Waals surface area contributed by atoms with Crippen molar-refractivity contribution in [3.63, 3.8) is 0 Å². The van der Waals surface area contributed by atoms with Gasteiger partial charge in [-0.25, -0.2) is 9.36 Å². The van der Waals surface area contributed by atoms with Gasteiger partial charge in [0.2, 0.25) is 0 Å². The number of benzene rings is 2. The second kappa shape index (κ2) is 9.39. The van der Waals surface area contributed by atoms with Crippen molar-refractivity contribution in [3.05, 3.63) is 83.9 Å². The van der Waals surface area contributed by atoms with Gasteiger partial charge >= 0.3 is 5.97 Å². The summed E-state index contributed by atoms with van der Waals surface area (Å²) in [7, 11) is 0. The molecule has 4 aromatic rings. The standard InChI is InChI=1S/C24H23N5O4/c1-16-23(26-24(32)20-12-13-25-28(20)14-22(30)31)17(2)29(27-16)15-33-21-11-7-6-10-19(21)18-8-4-3-5-9-18/h3-13H,14-15H2,1-2H3,(H,26,32)(H,30,31). The number of carbonyl (C=O) groups excluding carboxylic acids is 1. The molecule has 0 spiro atoms. The number of carboxylic acid groups (broad SMARTS) is 1. The monoisotopic (exact) mass is 445 g/mol. The number of nitrogens with one attached hydrogen (secondary N) is 1. The van der Waals surface area contributed by atoms with Crippen LogP contribution in [0.5, 0.6) is 5.75 Å². The minimum Gasteiger partial charge on any atom is -0.480 e. The number of hydrogen-bond donors (Lipinski definition) is 2.